The quantitative estimate of drug-likeness (QED) is 0.0293. The summed E-state index contributed by atoms with van der Waals surface area (Å²) in [4.78, 5) is 0. The van der Waals surface area contributed by atoms with Crippen LogP contribution >= 0.6 is 0 Å². The summed E-state index contributed by atoms with van der Waals surface area (Å²) in [6.45, 7) is 58.3. The molecule has 0 heterocycles. The summed E-state index contributed by atoms with van der Waals surface area (Å²) in [7, 11) is 0. The molecule has 770 valence electrons. The first-order valence-corrected chi connectivity index (χ1v) is 47.9. The molecule has 0 fully saturated rings. The minimum atomic E-state index is 0. The minimum Gasteiger partial charge on any atom is -0.491 e. The molecule has 0 spiro atoms. The molecule has 0 aliphatic rings. The van der Waals surface area contributed by atoms with E-state index in [2.05, 4.69) is 140 Å². The van der Waals surface area contributed by atoms with E-state index in [9.17, 15) is 0 Å². The normalized spacial score (nSPS) is 12.2. The molecule has 0 aliphatic carbocycles. The van der Waals surface area contributed by atoms with Crippen LogP contribution in [-0.2, 0) is 130 Å². The Hall–Kier alpha value is -3.16. The molecule has 4 rings (SSSR count). The van der Waals surface area contributed by atoms with Gasteiger partial charge in [0.2, 0.25) is 0 Å². The molecule has 0 N–H and O–H groups in total. The Bertz CT molecular complexity index is 2910. The van der Waals surface area contributed by atoms with Crippen LogP contribution in [0.3, 0.4) is 0 Å². The van der Waals surface area contributed by atoms with Crippen molar-refractivity contribution >= 4 is 8.41 Å². The van der Waals surface area contributed by atoms with Crippen LogP contribution in [0, 0.1) is 16.2 Å². The third-order valence-corrected chi connectivity index (χ3v) is 19.5. The fourth-order valence-corrected chi connectivity index (χ4v) is 14.3. The Morgan fingerprint density at radius 1 is 0.142 bits per heavy atom. The average molecular weight is 2030 g/mol. The van der Waals surface area contributed by atoms with Gasteiger partial charge in [0.15, 0.2) is 0 Å². The van der Waals surface area contributed by atoms with Crippen molar-refractivity contribution in [2.45, 2.75) is 139 Å². The van der Waals surface area contributed by atoms with Gasteiger partial charge in [0.1, 0.15) is 74.1 Å². The van der Waals surface area contributed by atoms with Crippen LogP contribution in [0.1, 0.15) is 140 Å². The number of hydrogen-bond donors (Lipinski definition) is 0. The van der Waals surface area contributed by atoms with E-state index in [4.69, 9.17) is 142 Å². The molecule has 4 aromatic rings. The summed E-state index contributed by atoms with van der Waals surface area (Å²) in [5.41, 5.74) is 5.02. The van der Waals surface area contributed by atoms with Crippen molar-refractivity contribution in [3.63, 3.8) is 0 Å². The summed E-state index contributed by atoms with van der Waals surface area (Å²) in [5.74, 6) is 4.20. The Labute approximate surface area is 866 Å². The van der Waals surface area contributed by atoms with E-state index in [1.54, 1.807) is 18.2 Å². The van der Waals surface area contributed by atoms with E-state index in [0.717, 1.165) is 36.5 Å². The molecular weight excluding hydrogens is 1850 g/mol. The Balaban J connectivity index is 0.0000304. The van der Waals surface area contributed by atoms with Crippen LogP contribution in [0.2, 0.25) is 0 Å². The van der Waals surface area contributed by atoms with Gasteiger partial charge in [0.25, 0.3) is 0 Å². The number of hydrogen-bond acceptors (Lipinski definition) is 30. The molecular formula is C102H178BCsO30. The minimum absolute atomic E-state index is 0. The van der Waals surface area contributed by atoms with Crippen molar-refractivity contribution in [1.29, 1.82) is 0 Å². The van der Waals surface area contributed by atoms with Gasteiger partial charge in [-0.25, -0.2) is 0 Å². The van der Waals surface area contributed by atoms with Crippen LogP contribution in [-0.4, -0.2) is 365 Å². The van der Waals surface area contributed by atoms with Gasteiger partial charge in [-0.2, -0.15) is 0 Å². The molecule has 0 aromatic heterocycles. The Kier molecular flexibility index (Phi) is 77.9. The van der Waals surface area contributed by atoms with Gasteiger partial charge in [-0.3, -0.25) is 0 Å². The average Bonchev–Trinajstić information content (AvgIpc) is 0.834. The smallest absolute Gasteiger partial charge is 0.491 e. The standard InChI is InChI=1S/C102H174O30.BH4.Cs/c1-97(2,3)85-100(10,11)88-16-22-91(23-17-88)127-76-70-121-64-58-115-52-46-109-40-34-103-28-31-106-37-43-112-49-55-118-61-67-124-73-79-130-94-82-95(131-80-74-125-68-62-119-56-50-113-44-38-107-32-29-104-35-41-110-47-53-116-59-65-122-71-77-128-92-24-18-89(19-25-92)101(12,13)86-98(4,5)6)84-96(83-94)132-81-75-126-69-63-120-57-51-114-45-39-108-33-30-105-36-42-111-48-54-117-60-66-123-72-78-129-93-26-20-90(21-27-93)102(14,15)87-99(7,8)9;;/h16-27,82-84H,28-81,85-87H2,1-15H3;1H4;/q;-1;+1. The number of ether oxygens (including phenoxy) is 30. The van der Waals surface area contributed by atoms with E-state index >= 15 is 0 Å². The fraction of sp³-hybridized carbons (Fsp3) is 0.765. The van der Waals surface area contributed by atoms with Crippen molar-refractivity contribution in [1.82, 2.24) is 0 Å². The van der Waals surface area contributed by atoms with E-state index in [1.807, 2.05) is 36.4 Å². The fourth-order valence-electron chi connectivity index (χ4n) is 14.3. The molecule has 0 radical (unpaired) electrons. The summed E-state index contributed by atoms with van der Waals surface area (Å²) in [6, 6.07) is 30.6. The molecule has 30 nitrogen and oxygen atoms in total. The van der Waals surface area contributed by atoms with Crippen LogP contribution in [0.15, 0.2) is 91.0 Å². The first-order valence-electron chi connectivity index (χ1n) is 47.9. The van der Waals surface area contributed by atoms with Gasteiger partial charge in [-0.05, 0) is 105 Å². The third-order valence-electron chi connectivity index (χ3n) is 19.5. The summed E-state index contributed by atoms with van der Waals surface area (Å²) < 4.78 is 172. The Morgan fingerprint density at radius 2 is 0.239 bits per heavy atom. The number of rotatable bonds is 93. The zero-order valence-corrected chi connectivity index (χ0v) is 91.0. The topological polar surface area (TPSA) is 277 Å². The van der Waals surface area contributed by atoms with Crippen molar-refractivity contribution in [2.24, 2.45) is 16.2 Å². The van der Waals surface area contributed by atoms with Crippen LogP contribution < -0.4 is 97.3 Å². The second-order valence-corrected chi connectivity index (χ2v) is 36.9. The molecule has 0 atom stereocenters. The van der Waals surface area contributed by atoms with Crippen LogP contribution in [0.25, 0.3) is 0 Å². The van der Waals surface area contributed by atoms with Gasteiger partial charge in [0, 0.05) is 18.2 Å². The maximum absolute atomic E-state index is 6.08. The second-order valence-electron chi connectivity index (χ2n) is 36.9. The molecule has 0 saturated carbocycles. The molecule has 4 aromatic carbocycles. The van der Waals surface area contributed by atoms with Gasteiger partial charge in [0.05, 0.1) is 317 Å². The van der Waals surface area contributed by atoms with E-state index < -0.39 is 0 Å². The van der Waals surface area contributed by atoms with E-state index in [0.29, 0.717) is 374 Å². The van der Waals surface area contributed by atoms with Gasteiger partial charge >= 0.3 is 68.9 Å². The molecule has 0 unspecified atom stereocenters. The van der Waals surface area contributed by atoms with E-state index in [1.165, 1.54) is 16.7 Å². The van der Waals surface area contributed by atoms with Crippen molar-refractivity contribution < 1.29 is 211 Å². The summed E-state index contributed by atoms with van der Waals surface area (Å²) in [5, 5.41) is 0. The van der Waals surface area contributed by atoms with Crippen LogP contribution in [0.4, 0.5) is 0 Å². The van der Waals surface area contributed by atoms with Gasteiger partial charge < -0.3 is 142 Å². The summed E-state index contributed by atoms with van der Waals surface area (Å²) >= 11 is 0. The molecule has 134 heavy (non-hydrogen) atoms. The predicted molar refractivity (Wildman–Crippen MR) is 521 cm³/mol. The predicted octanol–water partition coefficient (Wildman–Crippen LogP) is 10.2. The van der Waals surface area contributed by atoms with Crippen LogP contribution in [0.5, 0.6) is 34.5 Å². The van der Waals surface area contributed by atoms with E-state index in [-0.39, 0.29) is 110 Å². The first kappa shape index (κ1) is 127. The third kappa shape index (κ3) is 74.7. The maximum Gasteiger partial charge on any atom is 1.00 e. The van der Waals surface area contributed by atoms with Crippen molar-refractivity contribution in [2.75, 3.05) is 357 Å². The molecule has 0 amide bonds. The SMILES string of the molecule is CC(C)(C)CC(C)(C)c1ccc(OCCOCCOCCOCCOCCOCCOCCOCCOCCOc2cc(OCCOCCOCCOCCOCCOCCOCCOCCOCCOc3ccc(C(C)(C)CC(C)(C)C)cc3)cc(OCCOCCOCCOCCOCCOCCOCCOCCOCCOc3ccc(C(C)(C)CC(C)(C)C)cc3)c2)cc1.[BH4-].[Cs+]. The zero-order valence-electron chi connectivity index (χ0n) is 84.7. The zero-order chi connectivity index (χ0) is 95.3. The van der Waals surface area contributed by atoms with Gasteiger partial charge in [-0.1, -0.05) is 149 Å². The maximum atomic E-state index is 6.08. The summed E-state index contributed by atoms with van der Waals surface area (Å²) in [6.07, 6.45) is 3.31. The molecule has 0 aliphatic heterocycles. The molecule has 0 saturated heterocycles. The molecule has 0 bridgehead atoms. The molecule has 32 heteroatoms. The Morgan fingerprint density at radius 3 is 0.343 bits per heavy atom. The van der Waals surface area contributed by atoms with Crippen molar-refractivity contribution in [3.8, 4) is 34.5 Å². The monoisotopic (exact) mass is 2030 g/mol. The largest absolute Gasteiger partial charge is 1.00 e. The second kappa shape index (κ2) is 82.3. The van der Waals surface area contributed by atoms with Gasteiger partial charge in [-0.15, -0.1) is 0 Å². The first-order chi connectivity index (χ1) is 63.8. The number of benzene rings is 4. The van der Waals surface area contributed by atoms with Crippen molar-refractivity contribution in [3.05, 3.63) is 108 Å².